The lowest BCUT2D eigenvalue weighted by atomic mass is 10.1. The van der Waals surface area contributed by atoms with E-state index in [4.69, 9.17) is 4.52 Å². The van der Waals surface area contributed by atoms with E-state index in [9.17, 15) is 14.4 Å². The maximum atomic E-state index is 12.5. The molecule has 2 aromatic heterocycles. The van der Waals surface area contributed by atoms with Crippen molar-refractivity contribution in [3.63, 3.8) is 0 Å². The average Bonchev–Trinajstić information content (AvgIpc) is 3.08. The summed E-state index contributed by atoms with van der Waals surface area (Å²) in [5.74, 6) is 0.0801. The Bertz CT molecular complexity index is 1120. The molecule has 9 heteroatoms. The van der Waals surface area contributed by atoms with Crippen molar-refractivity contribution in [3.8, 4) is 0 Å². The largest absolute Gasteiger partial charge is 0.360 e. The molecule has 0 bridgehead atoms. The molecule has 0 atom stereocenters. The normalized spacial score (nSPS) is 10.6. The van der Waals surface area contributed by atoms with Crippen LogP contribution < -0.4 is 16.2 Å². The molecule has 3 aromatic rings. The number of benzene rings is 1. The van der Waals surface area contributed by atoms with Crippen molar-refractivity contribution in [1.82, 2.24) is 14.9 Å². The highest BCUT2D eigenvalue weighted by Gasteiger charge is 2.12. The molecule has 0 saturated carbocycles. The number of anilines is 2. The number of amides is 2. The second-order valence-electron chi connectivity index (χ2n) is 6.65. The molecule has 1 aromatic carbocycles. The Labute approximate surface area is 166 Å². The summed E-state index contributed by atoms with van der Waals surface area (Å²) in [5.41, 5.74) is 2.48. The number of carbonyl (C=O) groups excluding carboxylic acids is 2. The second-order valence-corrected chi connectivity index (χ2v) is 6.65. The molecular weight excluding hydrogens is 374 g/mol. The monoisotopic (exact) mass is 395 g/mol. The molecule has 0 saturated heterocycles. The van der Waals surface area contributed by atoms with Crippen LogP contribution in [0.15, 0.2) is 45.7 Å². The molecule has 0 spiro atoms. The molecule has 9 nitrogen and oxygen atoms in total. The van der Waals surface area contributed by atoms with Crippen LogP contribution in [0.3, 0.4) is 0 Å². The van der Waals surface area contributed by atoms with Crippen molar-refractivity contribution >= 4 is 23.3 Å². The van der Waals surface area contributed by atoms with E-state index in [0.717, 1.165) is 15.8 Å². The first-order chi connectivity index (χ1) is 13.8. The maximum Gasteiger partial charge on any atom is 0.276 e. The molecule has 3 rings (SSSR count). The van der Waals surface area contributed by atoms with Gasteiger partial charge in [-0.25, -0.2) is 4.68 Å². The highest BCUT2D eigenvalue weighted by molar-refractivity contribution is 6.02. The van der Waals surface area contributed by atoms with Gasteiger partial charge in [0, 0.05) is 24.2 Å². The molecule has 2 heterocycles. The van der Waals surface area contributed by atoms with Gasteiger partial charge in [-0.2, -0.15) is 5.10 Å². The number of nitrogens with one attached hydrogen (secondary N) is 2. The van der Waals surface area contributed by atoms with E-state index in [2.05, 4.69) is 20.9 Å². The lowest BCUT2D eigenvalue weighted by molar-refractivity contribution is -0.116. The standard InChI is InChI=1S/C20H21N5O4/c1-12-4-5-15(10-13(12)2)21-20(28)16-6-7-19(27)25(23-16)9-8-18(26)22-17-11-14(3)29-24-17/h4-7,10-11H,8-9H2,1-3H3,(H,21,28)(H,22,24,26). The number of hydrogen-bond donors (Lipinski definition) is 2. The summed E-state index contributed by atoms with van der Waals surface area (Å²) in [7, 11) is 0. The van der Waals surface area contributed by atoms with Crippen molar-refractivity contribution in [2.45, 2.75) is 33.7 Å². The van der Waals surface area contributed by atoms with E-state index in [-0.39, 0.29) is 24.6 Å². The molecule has 29 heavy (non-hydrogen) atoms. The van der Waals surface area contributed by atoms with Crippen LogP contribution in [0.4, 0.5) is 11.5 Å². The third-order valence-electron chi connectivity index (χ3n) is 4.31. The Morgan fingerprint density at radius 1 is 1.03 bits per heavy atom. The smallest absolute Gasteiger partial charge is 0.276 e. The van der Waals surface area contributed by atoms with Crippen LogP contribution in [0.2, 0.25) is 0 Å². The predicted octanol–water partition coefficient (Wildman–Crippen LogP) is 2.44. The summed E-state index contributed by atoms with van der Waals surface area (Å²) >= 11 is 0. The minimum atomic E-state index is -0.440. The summed E-state index contributed by atoms with van der Waals surface area (Å²) in [5, 5.41) is 13.1. The Balaban J connectivity index is 1.65. The van der Waals surface area contributed by atoms with Crippen molar-refractivity contribution < 1.29 is 14.1 Å². The van der Waals surface area contributed by atoms with Crippen LogP contribution >= 0.6 is 0 Å². The highest BCUT2D eigenvalue weighted by atomic mass is 16.5. The topological polar surface area (TPSA) is 119 Å². The zero-order valence-electron chi connectivity index (χ0n) is 16.4. The lowest BCUT2D eigenvalue weighted by Gasteiger charge is -2.09. The van der Waals surface area contributed by atoms with Gasteiger partial charge in [0.15, 0.2) is 5.82 Å². The fourth-order valence-electron chi connectivity index (χ4n) is 2.58. The first-order valence-electron chi connectivity index (χ1n) is 9.02. The van der Waals surface area contributed by atoms with E-state index in [1.807, 2.05) is 26.0 Å². The second kappa shape index (κ2) is 8.51. The summed E-state index contributed by atoms with van der Waals surface area (Å²) in [4.78, 5) is 36.5. The van der Waals surface area contributed by atoms with Gasteiger partial charge in [-0.1, -0.05) is 11.2 Å². The Morgan fingerprint density at radius 2 is 1.83 bits per heavy atom. The number of carbonyl (C=O) groups is 2. The molecule has 0 radical (unpaired) electrons. The zero-order chi connectivity index (χ0) is 21.0. The summed E-state index contributed by atoms with van der Waals surface area (Å²) in [6, 6.07) is 9.76. The van der Waals surface area contributed by atoms with Crippen molar-refractivity contribution in [3.05, 3.63) is 69.3 Å². The highest BCUT2D eigenvalue weighted by Crippen LogP contribution is 2.14. The molecule has 150 valence electrons. The van der Waals surface area contributed by atoms with E-state index >= 15 is 0 Å². The van der Waals surface area contributed by atoms with Crippen molar-refractivity contribution in [1.29, 1.82) is 0 Å². The SMILES string of the molecule is Cc1cc(NC(=O)CCn2nc(C(=O)Nc3ccc(C)c(C)c3)ccc2=O)no1. The number of nitrogens with zero attached hydrogens (tertiary/aromatic N) is 3. The van der Waals surface area contributed by atoms with Gasteiger partial charge in [-0.05, 0) is 50.1 Å². The Hall–Kier alpha value is -3.75. The van der Waals surface area contributed by atoms with Gasteiger partial charge < -0.3 is 15.2 Å². The number of aryl methyl sites for hydroxylation is 4. The molecule has 0 aliphatic carbocycles. The van der Waals surface area contributed by atoms with Crippen LogP contribution in [-0.2, 0) is 11.3 Å². The van der Waals surface area contributed by atoms with Crippen LogP contribution in [0.25, 0.3) is 0 Å². The van der Waals surface area contributed by atoms with Gasteiger partial charge >= 0.3 is 0 Å². The van der Waals surface area contributed by atoms with Crippen molar-refractivity contribution in [2.24, 2.45) is 0 Å². The van der Waals surface area contributed by atoms with Gasteiger partial charge in [-0.15, -0.1) is 0 Å². The molecule has 2 amide bonds. The predicted molar refractivity (Wildman–Crippen MR) is 107 cm³/mol. The fourth-order valence-corrected chi connectivity index (χ4v) is 2.58. The quantitative estimate of drug-likeness (QED) is 0.662. The number of hydrogen-bond acceptors (Lipinski definition) is 6. The molecule has 0 aliphatic rings. The van der Waals surface area contributed by atoms with Crippen LogP contribution in [0.1, 0.15) is 33.8 Å². The van der Waals surface area contributed by atoms with Gasteiger partial charge in [0.1, 0.15) is 11.5 Å². The van der Waals surface area contributed by atoms with Gasteiger partial charge in [-0.3, -0.25) is 14.4 Å². The Morgan fingerprint density at radius 3 is 2.52 bits per heavy atom. The fraction of sp³-hybridized carbons (Fsp3) is 0.250. The minimum absolute atomic E-state index is 0.0129. The third-order valence-corrected chi connectivity index (χ3v) is 4.31. The van der Waals surface area contributed by atoms with E-state index < -0.39 is 11.5 Å². The summed E-state index contributed by atoms with van der Waals surface area (Å²) in [6.07, 6.45) is -0.0129. The van der Waals surface area contributed by atoms with Crippen LogP contribution in [0.5, 0.6) is 0 Å². The lowest BCUT2D eigenvalue weighted by Crippen LogP contribution is -2.28. The zero-order valence-corrected chi connectivity index (χ0v) is 16.4. The summed E-state index contributed by atoms with van der Waals surface area (Å²) < 4.78 is 5.96. The summed E-state index contributed by atoms with van der Waals surface area (Å²) in [6.45, 7) is 5.67. The van der Waals surface area contributed by atoms with Gasteiger partial charge in [0.25, 0.3) is 11.5 Å². The van der Waals surface area contributed by atoms with E-state index in [1.165, 1.54) is 12.1 Å². The number of aromatic nitrogens is 3. The molecule has 2 N–H and O–H groups in total. The molecule has 0 aliphatic heterocycles. The molecule has 0 unspecified atom stereocenters. The van der Waals surface area contributed by atoms with Crippen LogP contribution in [0, 0.1) is 20.8 Å². The number of rotatable bonds is 6. The van der Waals surface area contributed by atoms with E-state index in [1.54, 1.807) is 19.1 Å². The van der Waals surface area contributed by atoms with E-state index in [0.29, 0.717) is 17.3 Å². The average molecular weight is 395 g/mol. The first kappa shape index (κ1) is 20.0. The van der Waals surface area contributed by atoms with Gasteiger partial charge in [0.2, 0.25) is 5.91 Å². The Kier molecular flexibility index (Phi) is 5.87. The first-order valence-corrected chi connectivity index (χ1v) is 9.02. The third kappa shape index (κ3) is 5.16. The maximum absolute atomic E-state index is 12.5. The molecule has 0 fully saturated rings. The van der Waals surface area contributed by atoms with Crippen LogP contribution in [-0.4, -0.2) is 26.8 Å². The van der Waals surface area contributed by atoms with Crippen molar-refractivity contribution in [2.75, 3.05) is 10.6 Å². The van der Waals surface area contributed by atoms with Gasteiger partial charge in [0.05, 0.1) is 6.54 Å². The minimum Gasteiger partial charge on any atom is -0.360 e. The molecular formula is C20H21N5O4.